The molecule has 1 nitrogen and oxygen atoms in total. The third kappa shape index (κ3) is 5.68. The van der Waals surface area contributed by atoms with Gasteiger partial charge in [-0.2, -0.15) is 0 Å². The fourth-order valence-electron chi connectivity index (χ4n) is 4.44. The molecule has 122 valence electrons. The number of hydrogen-bond donors (Lipinski definition) is 0. The lowest BCUT2D eigenvalue weighted by Crippen LogP contribution is -2.29. The van der Waals surface area contributed by atoms with E-state index in [0.717, 1.165) is 24.2 Å². The second-order valence-corrected chi connectivity index (χ2v) is 7.39. The van der Waals surface area contributed by atoms with Gasteiger partial charge < -0.3 is 4.74 Å². The minimum absolute atomic E-state index is 0.504. The van der Waals surface area contributed by atoms with Gasteiger partial charge in [-0.1, -0.05) is 52.0 Å². The molecule has 2 aliphatic rings. The zero-order chi connectivity index (χ0) is 14.9. The molecule has 0 unspecified atom stereocenters. The summed E-state index contributed by atoms with van der Waals surface area (Å²) in [5.41, 5.74) is 0. The minimum Gasteiger partial charge on any atom is -0.498 e. The molecule has 0 aromatic heterocycles. The maximum absolute atomic E-state index is 5.94. The first-order valence-electron chi connectivity index (χ1n) is 9.63. The van der Waals surface area contributed by atoms with Crippen molar-refractivity contribution in [1.82, 2.24) is 0 Å². The van der Waals surface area contributed by atoms with Crippen LogP contribution in [-0.4, -0.2) is 6.10 Å². The highest BCUT2D eigenvalue weighted by Gasteiger charge is 2.31. The van der Waals surface area contributed by atoms with Gasteiger partial charge in [0.15, 0.2) is 0 Å². The van der Waals surface area contributed by atoms with Crippen molar-refractivity contribution in [3.8, 4) is 0 Å². The van der Waals surface area contributed by atoms with Crippen LogP contribution in [0.4, 0.5) is 0 Å². The summed E-state index contributed by atoms with van der Waals surface area (Å²) in [6, 6.07) is 0. The molecule has 0 aromatic rings. The van der Waals surface area contributed by atoms with E-state index < -0.39 is 0 Å². The minimum atomic E-state index is 0.504. The van der Waals surface area contributed by atoms with E-state index in [1.165, 1.54) is 70.6 Å². The zero-order valence-electron chi connectivity index (χ0n) is 14.4. The summed E-state index contributed by atoms with van der Waals surface area (Å²) in [6.07, 6.45) is 21.4. The van der Waals surface area contributed by atoms with Crippen molar-refractivity contribution >= 4 is 0 Å². The lowest BCUT2D eigenvalue weighted by Gasteiger charge is -2.38. The Morgan fingerprint density at radius 1 is 0.952 bits per heavy atom. The molecule has 0 bridgehead atoms. The third-order valence-electron chi connectivity index (χ3n) is 5.79. The highest BCUT2D eigenvalue weighted by molar-refractivity contribution is 4.84. The summed E-state index contributed by atoms with van der Waals surface area (Å²) in [7, 11) is 0. The predicted molar refractivity (Wildman–Crippen MR) is 91.2 cm³/mol. The first kappa shape index (κ1) is 16.9. The van der Waals surface area contributed by atoms with Crippen LogP contribution in [0.2, 0.25) is 0 Å². The first-order chi connectivity index (χ1) is 10.3. The van der Waals surface area contributed by atoms with Crippen LogP contribution in [-0.2, 0) is 4.74 Å². The van der Waals surface area contributed by atoms with E-state index in [0.29, 0.717) is 6.10 Å². The van der Waals surface area contributed by atoms with Gasteiger partial charge in [0.2, 0.25) is 0 Å². The molecular weight excluding hydrogens is 256 g/mol. The second kappa shape index (κ2) is 9.54. The quantitative estimate of drug-likeness (QED) is 0.488. The van der Waals surface area contributed by atoms with Crippen molar-refractivity contribution in [2.24, 2.45) is 17.8 Å². The molecule has 0 aliphatic heterocycles. The number of hydrogen-bond acceptors (Lipinski definition) is 1. The SMILES string of the molecule is CCC=CO[C@@H]1CCC[C@@H](C2CCC(CCCC)CC2)C1. The van der Waals surface area contributed by atoms with E-state index >= 15 is 0 Å². The lowest BCUT2D eigenvalue weighted by molar-refractivity contribution is 0.0510. The molecule has 2 aliphatic carbocycles. The van der Waals surface area contributed by atoms with Gasteiger partial charge in [-0.05, 0) is 62.7 Å². The Morgan fingerprint density at radius 2 is 1.76 bits per heavy atom. The number of allylic oxidation sites excluding steroid dienone is 1. The normalized spacial score (nSPS) is 34.2. The van der Waals surface area contributed by atoms with Gasteiger partial charge in [0.1, 0.15) is 0 Å². The van der Waals surface area contributed by atoms with Gasteiger partial charge in [-0.25, -0.2) is 0 Å². The molecule has 0 amide bonds. The summed E-state index contributed by atoms with van der Waals surface area (Å²) in [6.45, 7) is 4.49. The van der Waals surface area contributed by atoms with E-state index in [1.807, 2.05) is 6.26 Å². The van der Waals surface area contributed by atoms with Crippen LogP contribution < -0.4 is 0 Å². The Balaban J connectivity index is 1.71. The molecule has 21 heavy (non-hydrogen) atoms. The molecule has 0 N–H and O–H groups in total. The first-order valence-corrected chi connectivity index (χ1v) is 9.63. The predicted octanol–water partition coefficient (Wildman–Crippen LogP) is 6.48. The van der Waals surface area contributed by atoms with Gasteiger partial charge in [-0.3, -0.25) is 0 Å². The standard InChI is InChI=1S/C20H36O/c1-3-5-8-17-11-13-18(14-12-17)19-9-7-10-20(16-19)21-15-6-4-2/h6,15,17-20H,3-5,7-14,16H2,1-2H3/t17?,18?,19-,20-/m1/s1. The summed E-state index contributed by atoms with van der Waals surface area (Å²) in [5, 5.41) is 0. The Hall–Kier alpha value is -0.460. The van der Waals surface area contributed by atoms with Crippen LogP contribution in [0.1, 0.15) is 90.9 Å². The van der Waals surface area contributed by atoms with E-state index in [-0.39, 0.29) is 0 Å². The molecule has 0 aromatic carbocycles. The van der Waals surface area contributed by atoms with Crippen molar-refractivity contribution < 1.29 is 4.74 Å². The molecule has 0 radical (unpaired) electrons. The third-order valence-corrected chi connectivity index (χ3v) is 5.79. The van der Waals surface area contributed by atoms with Crippen molar-refractivity contribution in [3.63, 3.8) is 0 Å². The number of rotatable bonds is 7. The molecule has 2 fully saturated rings. The zero-order valence-corrected chi connectivity index (χ0v) is 14.4. The summed E-state index contributed by atoms with van der Waals surface area (Å²) in [5.74, 6) is 3.00. The largest absolute Gasteiger partial charge is 0.498 e. The molecule has 0 saturated heterocycles. The number of ether oxygens (including phenoxy) is 1. The number of unbranched alkanes of at least 4 members (excludes halogenated alkanes) is 1. The molecule has 2 atom stereocenters. The fourth-order valence-corrected chi connectivity index (χ4v) is 4.44. The summed E-state index contributed by atoms with van der Waals surface area (Å²) >= 11 is 0. The van der Waals surface area contributed by atoms with Crippen LogP contribution in [0.15, 0.2) is 12.3 Å². The fraction of sp³-hybridized carbons (Fsp3) is 0.900. The smallest absolute Gasteiger partial charge is 0.0981 e. The topological polar surface area (TPSA) is 9.23 Å². The van der Waals surface area contributed by atoms with Crippen LogP contribution in [0, 0.1) is 17.8 Å². The molecular formula is C20H36O. The van der Waals surface area contributed by atoms with Gasteiger partial charge >= 0.3 is 0 Å². The van der Waals surface area contributed by atoms with Crippen molar-refractivity contribution in [2.45, 2.75) is 97.0 Å². The molecule has 0 spiro atoms. The van der Waals surface area contributed by atoms with E-state index in [2.05, 4.69) is 19.9 Å². The Labute approximate surface area is 132 Å². The Morgan fingerprint density at radius 3 is 2.48 bits per heavy atom. The van der Waals surface area contributed by atoms with E-state index in [4.69, 9.17) is 4.74 Å². The maximum atomic E-state index is 5.94. The average molecular weight is 293 g/mol. The van der Waals surface area contributed by atoms with E-state index in [1.54, 1.807) is 0 Å². The maximum Gasteiger partial charge on any atom is 0.0981 e. The average Bonchev–Trinajstić information content (AvgIpc) is 2.54. The van der Waals surface area contributed by atoms with Crippen LogP contribution in [0.25, 0.3) is 0 Å². The monoisotopic (exact) mass is 292 g/mol. The van der Waals surface area contributed by atoms with E-state index in [9.17, 15) is 0 Å². The summed E-state index contributed by atoms with van der Waals surface area (Å²) < 4.78 is 5.94. The summed E-state index contributed by atoms with van der Waals surface area (Å²) in [4.78, 5) is 0. The van der Waals surface area contributed by atoms with Crippen LogP contribution in [0.5, 0.6) is 0 Å². The van der Waals surface area contributed by atoms with Gasteiger partial charge in [0, 0.05) is 0 Å². The highest BCUT2D eigenvalue weighted by atomic mass is 16.5. The molecule has 0 heterocycles. The highest BCUT2D eigenvalue weighted by Crippen LogP contribution is 2.41. The van der Waals surface area contributed by atoms with Crippen LogP contribution in [0.3, 0.4) is 0 Å². The Bertz CT molecular complexity index is 288. The van der Waals surface area contributed by atoms with Gasteiger partial charge in [0.05, 0.1) is 12.4 Å². The van der Waals surface area contributed by atoms with Crippen molar-refractivity contribution in [2.75, 3.05) is 0 Å². The second-order valence-electron chi connectivity index (χ2n) is 7.39. The lowest BCUT2D eigenvalue weighted by atomic mass is 9.70. The van der Waals surface area contributed by atoms with Crippen LogP contribution >= 0.6 is 0 Å². The molecule has 1 heteroatoms. The van der Waals surface area contributed by atoms with Gasteiger partial charge in [-0.15, -0.1) is 0 Å². The van der Waals surface area contributed by atoms with Crippen molar-refractivity contribution in [3.05, 3.63) is 12.3 Å². The molecule has 2 rings (SSSR count). The Kier molecular flexibility index (Phi) is 7.68. The van der Waals surface area contributed by atoms with Gasteiger partial charge in [0.25, 0.3) is 0 Å². The molecule has 2 saturated carbocycles. The van der Waals surface area contributed by atoms with Crippen molar-refractivity contribution in [1.29, 1.82) is 0 Å².